The van der Waals surface area contributed by atoms with Crippen molar-refractivity contribution in [2.45, 2.75) is 45.1 Å². The fourth-order valence-electron chi connectivity index (χ4n) is 1.68. The van der Waals surface area contributed by atoms with Crippen LogP contribution in [0.2, 0.25) is 0 Å². The third-order valence-electron chi connectivity index (χ3n) is 2.44. The molecule has 72 valence electrons. The van der Waals surface area contributed by atoms with E-state index in [9.17, 15) is 0 Å². The van der Waals surface area contributed by atoms with Crippen molar-refractivity contribution in [3.8, 4) is 0 Å². The molecule has 0 bridgehead atoms. The summed E-state index contributed by atoms with van der Waals surface area (Å²) in [4.78, 5) is 0. The largest absolute Gasteiger partial charge is 0.380 e. The minimum Gasteiger partial charge on any atom is -0.380 e. The summed E-state index contributed by atoms with van der Waals surface area (Å²) in [6.45, 7) is 4.98. The average Bonchev–Trinajstić information content (AvgIpc) is 2.02. The Kier molecular flexibility index (Phi) is 5.37. The highest BCUT2D eigenvalue weighted by Gasteiger charge is 2.09. The molecule has 1 aliphatic rings. The summed E-state index contributed by atoms with van der Waals surface area (Å²) in [5.74, 6) is 0. The Labute approximate surface area is 75.7 Å². The highest BCUT2D eigenvalue weighted by molar-refractivity contribution is 4.68. The number of nitrogens with one attached hydrogen (secondary N) is 1. The van der Waals surface area contributed by atoms with Crippen molar-refractivity contribution < 1.29 is 4.74 Å². The molecule has 0 amide bonds. The molecule has 0 aromatic carbocycles. The van der Waals surface area contributed by atoms with Crippen LogP contribution in [0.1, 0.15) is 39.0 Å². The second-order valence-corrected chi connectivity index (χ2v) is 3.51. The van der Waals surface area contributed by atoms with Crippen LogP contribution in [0.3, 0.4) is 0 Å². The summed E-state index contributed by atoms with van der Waals surface area (Å²) in [6.07, 6.45) is 6.80. The zero-order chi connectivity index (χ0) is 8.65. The molecule has 1 rings (SSSR count). The van der Waals surface area contributed by atoms with Crippen LogP contribution in [-0.2, 0) is 4.74 Å². The van der Waals surface area contributed by atoms with E-state index in [0.29, 0.717) is 6.04 Å². The van der Waals surface area contributed by atoms with Crippen molar-refractivity contribution in [1.29, 1.82) is 0 Å². The molecular weight excluding hydrogens is 150 g/mol. The first kappa shape index (κ1) is 10.0. The molecule has 0 aliphatic carbocycles. The van der Waals surface area contributed by atoms with Crippen LogP contribution >= 0.6 is 0 Å². The van der Waals surface area contributed by atoms with Crippen molar-refractivity contribution in [3.05, 3.63) is 0 Å². The van der Waals surface area contributed by atoms with Crippen LogP contribution in [0, 0.1) is 0 Å². The minimum absolute atomic E-state index is 0.616. The predicted molar refractivity (Wildman–Crippen MR) is 51.4 cm³/mol. The van der Waals surface area contributed by atoms with E-state index < -0.39 is 0 Å². The summed E-state index contributed by atoms with van der Waals surface area (Å²) < 4.78 is 5.41. The van der Waals surface area contributed by atoms with Gasteiger partial charge in [0.25, 0.3) is 0 Å². The molecule has 1 fully saturated rings. The molecule has 1 unspecified atom stereocenters. The standard InChI is InChI=1S/C10H21NO/c1-2-12-9-10-7-5-3-4-6-8-11-10/h10-11H,2-9H2,1H3. The van der Waals surface area contributed by atoms with Crippen LogP contribution in [-0.4, -0.2) is 25.8 Å². The van der Waals surface area contributed by atoms with E-state index in [1.165, 1.54) is 38.6 Å². The van der Waals surface area contributed by atoms with Gasteiger partial charge in [-0.15, -0.1) is 0 Å². The molecule has 12 heavy (non-hydrogen) atoms. The van der Waals surface area contributed by atoms with Gasteiger partial charge in [0.1, 0.15) is 0 Å². The quantitative estimate of drug-likeness (QED) is 0.700. The molecule has 2 nitrogen and oxygen atoms in total. The van der Waals surface area contributed by atoms with Gasteiger partial charge in [-0.2, -0.15) is 0 Å². The fourth-order valence-corrected chi connectivity index (χ4v) is 1.68. The van der Waals surface area contributed by atoms with Crippen LogP contribution in [0.5, 0.6) is 0 Å². The Morgan fingerprint density at radius 1 is 1.25 bits per heavy atom. The van der Waals surface area contributed by atoms with E-state index in [0.717, 1.165) is 13.2 Å². The van der Waals surface area contributed by atoms with Crippen molar-refractivity contribution >= 4 is 0 Å². The molecule has 2 heteroatoms. The van der Waals surface area contributed by atoms with Crippen LogP contribution in [0.25, 0.3) is 0 Å². The lowest BCUT2D eigenvalue weighted by atomic mass is 10.0. The molecule has 1 aliphatic heterocycles. The van der Waals surface area contributed by atoms with E-state index in [1.807, 2.05) is 0 Å². The highest BCUT2D eigenvalue weighted by Crippen LogP contribution is 2.09. The van der Waals surface area contributed by atoms with Gasteiger partial charge in [0.2, 0.25) is 0 Å². The maximum Gasteiger partial charge on any atom is 0.0619 e. The van der Waals surface area contributed by atoms with Gasteiger partial charge in [-0.3, -0.25) is 0 Å². The van der Waals surface area contributed by atoms with Gasteiger partial charge in [-0.1, -0.05) is 19.3 Å². The van der Waals surface area contributed by atoms with Crippen molar-refractivity contribution in [2.75, 3.05) is 19.8 Å². The highest BCUT2D eigenvalue weighted by atomic mass is 16.5. The molecule has 1 heterocycles. The predicted octanol–water partition coefficient (Wildman–Crippen LogP) is 1.95. The Morgan fingerprint density at radius 3 is 2.92 bits per heavy atom. The molecule has 1 N–H and O–H groups in total. The van der Waals surface area contributed by atoms with Crippen molar-refractivity contribution in [2.24, 2.45) is 0 Å². The van der Waals surface area contributed by atoms with E-state index in [-0.39, 0.29) is 0 Å². The number of hydrogen-bond acceptors (Lipinski definition) is 2. The molecule has 0 aromatic heterocycles. The van der Waals surface area contributed by atoms with Crippen molar-refractivity contribution in [3.63, 3.8) is 0 Å². The van der Waals surface area contributed by atoms with Crippen LogP contribution in [0.4, 0.5) is 0 Å². The van der Waals surface area contributed by atoms with Crippen LogP contribution in [0.15, 0.2) is 0 Å². The molecule has 1 atom stereocenters. The molecule has 0 spiro atoms. The molecule has 0 aromatic rings. The van der Waals surface area contributed by atoms with E-state index in [2.05, 4.69) is 12.2 Å². The van der Waals surface area contributed by atoms with E-state index >= 15 is 0 Å². The second-order valence-electron chi connectivity index (χ2n) is 3.51. The molecular formula is C10H21NO. The summed E-state index contributed by atoms with van der Waals surface area (Å²) in [5, 5.41) is 3.53. The third-order valence-corrected chi connectivity index (χ3v) is 2.44. The van der Waals surface area contributed by atoms with Gasteiger partial charge in [-0.25, -0.2) is 0 Å². The smallest absolute Gasteiger partial charge is 0.0619 e. The molecule has 0 radical (unpaired) electrons. The normalized spacial score (nSPS) is 26.2. The Morgan fingerprint density at radius 2 is 2.08 bits per heavy atom. The Hall–Kier alpha value is -0.0800. The summed E-state index contributed by atoms with van der Waals surface area (Å²) in [7, 11) is 0. The molecule has 0 saturated carbocycles. The molecule has 1 saturated heterocycles. The van der Waals surface area contributed by atoms with Gasteiger partial charge >= 0.3 is 0 Å². The summed E-state index contributed by atoms with van der Waals surface area (Å²) in [5.41, 5.74) is 0. The summed E-state index contributed by atoms with van der Waals surface area (Å²) >= 11 is 0. The van der Waals surface area contributed by atoms with Crippen LogP contribution < -0.4 is 5.32 Å². The lowest BCUT2D eigenvalue weighted by Gasteiger charge is -2.20. The van der Waals surface area contributed by atoms with Gasteiger partial charge < -0.3 is 10.1 Å². The van der Waals surface area contributed by atoms with E-state index in [1.54, 1.807) is 0 Å². The Balaban J connectivity index is 2.11. The zero-order valence-corrected chi connectivity index (χ0v) is 8.14. The second kappa shape index (κ2) is 6.44. The lowest BCUT2D eigenvalue weighted by Crippen LogP contribution is -2.35. The monoisotopic (exact) mass is 171 g/mol. The third kappa shape index (κ3) is 4.07. The zero-order valence-electron chi connectivity index (χ0n) is 8.14. The fraction of sp³-hybridized carbons (Fsp3) is 1.00. The number of hydrogen-bond donors (Lipinski definition) is 1. The summed E-state index contributed by atoms with van der Waals surface area (Å²) in [6, 6.07) is 0.616. The van der Waals surface area contributed by atoms with Gasteiger partial charge in [0, 0.05) is 12.6 Å². The first-order valence-corrected chi connectivity index (χ1v) is 5.24. The maximum absolute atomic E-state index is 5.41. The Bertz CT molecular complexity index is 95.3. The SMILES string of the molecule is CCOCC1CCCCCCN1. The van der Waals surface area contributed by atoms with Gasteiger partial charge in [0.15, 0.2) is 0 Å². The number of rotatable bonds is 3. The van der Waals surface area contributed by atoms with Gasteiger partial charge in [-0.05, 0) is 26.3 Å². The number of ether oxygens (including phenoxy) is 1. The lowest BCUT2D eigenvalue weighted by molar-refractivity contribution is 0.117. The van der Waals surface area contributed by atoms with E-state index in [4.69, 9.17) is 4.74 Å². The van der Waals surface area contributed by atoms with Crippen molar-refractivity contribution in [1.82, 2.24) is 5.32 Å². The first-order chi connectivity index (χ1) is 5.93. The van der Waals surface area contributed by atoms with Gasteiger partial charge in [0.05, 0.1) is 6.61 Å². The topological polar surface area (TPSA) is 21.3 Å². The first-order valence-electron chi connectivity index (χ1n) is 5.24. The maximum atomic E-state index is 5.41. The minimum atomic E-state index is 0.616. The average molecular weight is 171 g/mol.